The van der Waals surface area contributed by atoms with Gasteiger partial charge >= 0.3 is 0 Å². The van der Waals surface area contributed by atoms with Crippen LogP contribution in [0.25, 0.3) is 10.9 Å². The van der Waals surface area contributed by atoms with Crippen molar-refractivity contribution in [2.24, 2.45) is 10.1 Å². The van der Waals surface area contributed by atoms with Gasteiger partial charge in [-0.2, -0.15) is 5.10 Å². The fraction of sp³-hybridized carbons (Fsp3) is 0.125. The van der Waals surface area contributed by atoms with E-state index in [1.54, 1.807) is 19.6 Å². The quantitative estimate of drug-likeness (QED) is 0.468. The lowest BCUT2D eigenvalue weighted by Gasteiger charge is -2.17. The van der Waals surface area contributed by atoms with Crippen LogP contribution in [0.15, 0.2) is 77.0 Å². The summed E-state index contributed by atoms with van der Waals surface area (Å²) in [5.74, 6) is 1.33. The first-order valence-corrected chi connectivity index (χ1v) is 9.95. The summed E-state index contributed by atoms with van der Waals surface area (Å²) < 4.78 is 11.3. The molecule has 4 aromatic rings. The normalized spacial score (nSPS) is 13.0. The molecule has 1 N–H and O–H groups in total. The van der Waals surface area contributed by atoms with Crippen LogP contribution in [0, 0.1) is 0 Å². The number of fused-ring (bicyclic) bond motifs is 3. The number of hydrazone groups is 1. The molecule has 0 atom stereocenters. The third kappa shape index (κ3) is 3.98. The lowest BCUT2D eigenvalue weighted by Crippen LogP contribution is -2.18. The second kappa shape index (κ2) is 8.31. The molecule has 31 heavy (non-hydrogen) atoms. The maximum atomic E-state index is 5.78. The lowest BCUT2D eigenvalue weighted by atomic mass is 10.1. The van der Waals surface area contributed by atoms with Gasteiger partial charge in [0, 0.05) is 28.7 Å². The third-order valence-corrected chi connectivity index (χ3v) is 5.07. The zero-order chi connectivity index (χ0) is 21.0. The number of methoxy groups -OCH3 is 1. The van der Waals surface area contributed by atoms with Gasteiger partial charge in [0.05, 0.1) is 31.3 Å². The number of nitrogens with zero attached hydrogens (tertiary/aromatic N) is 4. The molecule has 154 valence electrons. The molecule has 7 heteroatoms. The average molecular weight is 411 g/mol. The Morgan fingerprint density at radius 3 is 2.90 bits per heavy atom. The molecule has 0 fully saturated rings. The highest BCUT2D eigenvalue weighted by molar-refractivity contribution is 5.95. The predicted molar refractivity (Wildman–Crippen MR) is 121 cm³/mol. The van der Waals surface area contributed by atoms with Gasteiger partial charge in [-0.25, -0.2) is 15.0 Å². The van der Waals surface area contributed by atoms with Crippen LogP contribution in [0.2, 0.25) is 0 Å². The number of H-pyrrole nitrogens is 1. The molecule has 0 spiro atoms. The summed E-state index contributed by atoms with van der Waals surface area (Å²) in [7, 11) is 1.65. The van der Waals surface area contributed by atoms with Crippen molar-refractivity contribution < 1.29 is 9.47 Å². The molecule has 0 amide bonds. The summed E-state index contributed by atoms with van der Waals surface area (Å²) in [4.78, 5) is 12.2. The molecular formula is C24H21N5O2. The van der Waals surface area contributed by atoms with E-state index in [1.165, 1.54) is 0 Å². The molecule has 2 aromatic heterocycles. The number of aliphatic imine (C=N–C) groups is 1. The van der Waals surface area contributed by atoms with E-state index in [2.05, 4.69) is 32.2 Å². The second-order valence-corrected chi connectivity index (χ2v) is 7.11. The van der Waals surface area contributed by atoms with Crippen LogP contribution >= 0.6 is 0 Å². The predicted octanol–water partition coefficient (Wildman–Crippen LogP) is 4.66. The van der Waals surface area contributed by atoms with Gasteiger partial charge in [0.1, 0.15) is 18.7 Å². The Kier molecular flexibility index (Phi) is 5.06. The van der Waals surface area contributed by atoms with Crippen LogP contribution in [0.4, 0.5) is 5.69 Å². The monoisotopic (exact) mass is 411 g/mol. The molecule has 0 bridgehead atoms. The summed E-state index contributed by atoms with van der Waals surface area (Å²) >= 11 is 0. The number of nitrogens with one attached hydrogen (secondary N) is 1. The Bertz CT molecular complexity index is 1260. The van der Waals surface area contributed by atoms with E-state index in [0.717, 1.165) is 39.2 Å². The summed E-state index contributed by atoms with van der Waals surface area (Å²) in [6, 6.07) is 19.6. The topological polar surface area (TPSA) is 75.1 Å². The Morgan fingerprint density at radius 1 is 1.13 bits per heavy atom. The molecule has 0 aliphatic carbocycles. The van der Waals surface area contributed by atoms with Gasteiger partial charge in [0.2, 0.25) is 5.88 Å². The first-order chi connectivity index (χ1) is 15.3. The molecule has 1 aliphatic rings. The molecule has 7 nitrogen and oxygen atoms in total. The van der Waals surface area contributed by atoms with Crippen LogP contribution in [0.1, 0.15) is 16.8 Å². The van der Waals surface area contributed by atoms with E-state index in [0.29, 0.717) is 19.0 Å². The molecule has 2 aromatic carbocycles. The zero-order valence-electron chi connectivity index (χ0n) is 17.0. The molecular weight excluding hydrogens is 390 g/mol. The Balaban J connectivity index is 1.31. The summed E-state index contributed by atoms with van der Waals surface area (Å²) in [5.41, 5.74) is 4.99. The highest BCUT2D eigenvalue weighted by Crippen LogP contribution is 2.33. The number of aromatic nitrogens is 2. The molecule has 3 heterocycles. The number of ether oxygens (including phenoxy) is 2. The minimum absolute atomic E-state index is 0.353. The number of pyridine rings is 1. The third-order valence-electron chi connectivity index (χ3n) is 5.07. The SMILES string of the molecule is COc1ccc(/C=N/N2C=Nc3c([nH]c4ccccc34)C2)cc1COc1ccccn1. The smallest absolute Gasteiger partial charge is 0.213 e. The van der Waals surface area contributed by atoms with Crippen molar-refractivity contribution in [1.29, 1.82) is 0 Å². The molecule has 0 saturated heterocycles. The van der Waals surface area contributed by atoms with E-state index in [4.69, 9.17) is 9.47 Å². The highest BCUT2D eigenvalue weighted by atomic mass is 16.5. The minimum Gasteiger partial charge on any atom is -0.496 e. The van der Waals surface area contributed by atoms with E-state index in [9.17, 15) is 0 Å². The van der Waals surface area contributed by atoms with Crippen LogP contribution in [-0.4, -0.2) is 34.6 Å². The van der Waals surface area contributed by atoms with Gasteiger partial charge in [-0.3, -0.25) is 0 Å². The van der Waals surface area contributed by atoms with Gasteiger partial charge in [-0.15, -0.1) is 0 Å². The Hall–Kier alpha value is -4.13. The van der Waals surface area contributed by atoms with Gasteiger partial charge in [-0.05, 0) is 35.9 Å². The zero-order valence-corrected chi connectivity index (χ0v) is 17.0. The van der Waals surface area contributed by atoms with E-state index < -0.39 is 0 Å². The number of hydrogen-bond acceptors (Lipinski definition) is 6. The van der Waals surface area contributed by atoms with Crippen LogP contribution in [0.5, 0.6) is 11.6 Å². The van der Waals surface area contributed by atoms with Crippen molar-refractivity contribution in [2.75, 3.05) is 7.11 Å². The standard InChI is InChI=1S/C24H21N5O2/c1-30-22-10-9-17(12-18(22)15-31-23-8-4-5-11-25-23)13-27-29-14-21-24(26-16-29)19-6-2-3-7-20(19)28-21/h2-13,16,28H,14-15H2,1H3/b27-13+. The highest BCUT2D eigenvalue weighted by Gasteiger charge is 2.16. The minimum atomic E-state index is 0.353. The van der Waals surface area contributed by atoms with Crippen molar-refractivity contribution in [2.45, 2.75) is 13.2 Å². The maximum absolute atomic E-state index is 5.78. The maximum Gasteiger partial charge on any atom is 0.213 e. The fourth-order valence-electron chi connectivity index (χ4n) is 3.56. The number of benzene rings is 2. The number of rotatable bonds is 6. The van der Waals surface area contributed by atoms with Crippen molar-refractivity contribution >= 4 is 29.1 Å². The summed E-state index contributed by atoms with van der Waals surface area (Å²) in [6.45, 7) is 0.987. The van der Waals surface area contributed by atoms with E-state index in [-0.39, 0.29) is 0 Å². The number of para-hydroxylation sites is 1. The first-order valence-electron chi connectivity index (χ1n) is 9.95. The Morgan fingerprint density at radius 2 is 2.03 bits per heavy atom. The van der Waals surface area contributed by atoms with E-state index >= 15 is 0 Å². The van der Waals surface area contributed by atoms with Crippen LogP contribution in [-0.2, 0) is 13.2 Å². The van der Waals surface area contributed by atoms with Crippen molar-refractivity contribution in [3.8, 4) is 11.6 Å². The van der Waals surface area contributed by atoms with Crippen molar-refractivity contribution in [3.05, 3.63) is 83.7 Å². The molecule has 0 unspecified atom stereocenters. The van der Waals surface area contributed by atoms with Gasteiger partial charge in [0.15, 0.2) is 0 Å². The lowest BCUT2D eigenvalue weighted by molar-refractivity contribution is 0.285. The van der Waals surface area contributed by atoms with Crippen LogP contribution in [0.3, 0.4) is 0 Å². The molecule has 0 saturated carbocycles. The number of hydrogen-bond donors (Lipinski definition) is 1. The van der Waals surface area contributed by atoms with Crippen LogP contribution < -0.4 is 9.47 Å². The summed E-state index contributed by atoms with van der Waals surface area (Å²) in [6.07, 6.45) is 5.27. The average Bonchev–Trinajstić information content (AvgIpc) is 3.20. The van der Waals surface area contributed by atoms with Crippen molar-refractivity contribution in [3.63, 3.8) is 0 Å². The fourth-order valence-corrected chi connectivity index (χ4v) is 3.56. The second-order valence-electron chi connectivity index (χ2n) is 7.11. The summed E-state index contributed by atoms with van der Waals surface area (Å²) in [5, 5.41) is 7.52. The first kappa shape index (κ1) is 18.9. The van der Waals surface area contributed by atoms with E-state index in [1.807, 2.05) is 59.8 Å². The van der Waals surface area contributed by atoms with Crippen molar-refractivity contribution in [1.82, 2.24) is 15.0 Å². The van der Waals surface area contributed by atoms with Gasteiger partial charge < -0.3 is 14.5 Å². The van der Waals surface area contributed by atoms with Gasteiger partial charge in [0.25, 0.3) is 0 Å². The largest absolute Gasteiger partial charge is 0.496 e. The molecule has 1 aliphatic heterocycles. The Labute approximate surface area is 179 Å². The molecule has 5 rings (SSSR count). The molecule has 0 radical (unpaired) electrons. The number of aromatic amines is 1. The van der Waals surface area contributed by atoms with Gasteiger partial charge in [-0.1, -0.05) is 24.3 Å².